The highest BCUT2D eigenvalue weighted by atomic mass is 28.3. The quantitative estimate of drug-likeness (QED) is 0.317. The molecule has 0 unspecified atom stereocenters. The van der Waals surface area contributed by atoms with Crippen LogP contribution in [0.15, 0.2) is 59.3 Å². The van der Waals surface area contributed by atoms with Gasteiger partial charge in [0.05, 0.1) is 6.61 Å². The number of carbonyl (C=O) groups is 1. The number of hydrogen-bond donors (Lipinski definition) is 0. The van der Waals surface area contributed by atoms with Gasteiger partial charge in [-0.3, -0.25) is 0 Å². The summed E-state index contributed by atoms with van der Waals surface area (Å²) in [6.45, 7) is 8.52. The number of oxazole rings is 1. The van der Waals surface area contributed by atoms with Gasteiger partial charge in [-0.05, 0) is 37.3 Å². The van der Waals surface area contributed by atoms with E-state index in [1.54, 1.807) is 6.92 Å². The van der Waals surface area contributed by atoms with Gasteiger partial charge in [0, 0.05) is 11.1 Å². The zero-order valence-corrected chi connectivity index (χ0v) is 18.0. The van der Waals surface area contributed by atoms with Gasteiger partial charge in [0.15, 0.2) is 17.8 Å². The predicted molar refractivity (Wildman–Crippen MR) is 115 cm³/mol. The number of hydrogen-bond acceptors (Lipinski definition) is 5. The molecule has 0 aliphatic heterocycles. The van der Waals surface area contributed by atoms with Crippen molar-refractivity contribution in [3.63, 3.8) is 0 Å². The number of benzene rings is 2. The highest BCUT2D eigenvalue weighted by Crippen LogP contribution is 2.31. The molecule has 3 rings (SSSR count). The molecule has 1 heterocycles. The summed E-state index contributed by atoms with van der Waals surface area (Å²) >= 11 is 0. The molecule has 0 amide bonds. The molecule has 0 bridgehead atoms. The van der Waals surface area contributed by atoms with Gasteiger partial charge < -0.3 is 13.9 Å². The third-order valence-electron chi connectivity index (χ3n) is 3.82. The molecule has 0 saturated heterocycles. The molecule has 0 aliphatic carbocycles. The standard InChI is InChI=1S/C23H23NO4Si/c1-5-26-23(25)21-22(27-16-24-21)20-12-11-19(28-18-9-7-6-8-10-18)15-17(20)13-14-29(2,3)4/h6-12,15-16H,5H2,1-4H3. The fourth-order valence-corrected chi connectivity index (χ4v) is 3.06. The van der Waals surface area contributed by atoms with Crippen molar-refractivity contribution in [3.8, 4) is 34.3 Å². The summed E-state index contributed by atoms with van der Waals surface area (Å²) in [5.41, 5.74) is 4.89. The second-order valence-electron chi connectivity index (χ2n) is 7.37. The van der Waals surface area contributed by atoms with Crippen molar-refractivity contribution in [1.82, 2.24) is 4.98 Å². The van der Waals surface area contributed by atoms with Crippen molar-refractivity contribution >= 4 is 14.0 Å². The van der Waals surface area contributed by atoms with E-state index in [0.717, 1.165) is 5.75 Å². The van der Waals surface area contributed by atoms with Crippen molar-refractivity contribution in [2.75, 3.05) is 6.61 Å². The van der Waals surface area contributed by atoms with Gasteiger partial charge in [-0.1, -0.05) is 43.8 Å². The van der Waals surface area contributed by atoms with E-state index >= 15 is 0 Å². The van der Waals surface area contributed by atoms with Gasteiger partial charge in [0.2, 0.25) is 0 Å². The minimum atomic E-state index is -1.63. The van der Waals surface area contributed by atoms with Crippen LogP contribution in [0.1, 0.15) is 23.0 Å². The Labute approximate surface area is 171 Å². The fourth-order valence-electron chi connectivity index (χ4n) is 2.55. The number of para-hydroxylation sites is 1. The third-order valence-corrected chi connectivity index (χ3v) is 4.70. The molecule has 0 atom stereocenters. The van der Waals surface area contributed by atoms with Crippen LogP contribution in [-0.2, 0) is 4.74 Å². The monoisotopic (exact) mass is 405 g/mol. The zero-order valence-electron chi connectivity index (χ0n) is 17.0. The topological polar surface area (TPSA) is 61.6 Å². The molecule has 5 nitrogen and oxygen atoms in total. The van der Waals surface area contributed by atoms with Crippen LogP contribution in [0.3, 0.4) is 0 Å². The minimum absolute atomic E-state index is 0.139. The van der Waals surface area contributed by atoms with Crippen molar-refractivity contribution in [3.05, 3.63) is 66.2 Å². The Morgan fingerprint density at radius 1 is 1.10 bits per heavy atom. The van der Waals surface area contributed by atoms with Crippen molar-refractivity contribution in [1.29, 1.82) is 0 Å². The zero-order chi connectivity index (χ0) is 20.9. The molecule has 29 heavy (non-hydrogen) atoms. The molecule has 1 aromatic heterocycles. The first-order valence-corrected chi connectivity index (χ1v) is 12.9. The molecular formula is C23H23NO4Si. The lowest BCUT2D eigenvalue weighted by Gasteiger charge is -2.10. The van der Waals surface area contributed by atoms with Gasteiger partial charge in [0.25, 0.3) is 0 Å². The Bertz CT molecular complexity index is 1060. The van der Waals surface area contributed by atoms with E-state index < -0.39 is 14.0 Å². The maximum absolute atomic E-state index is 12.2. The normalized spacial score (nSPS) is 10.8. The maximum Gasteiger partial charge on any atom is 0.360 e. The third kappa shape index (κ3) is 5.37. The summed E-state index contributed by atoms with van der Waals surface area (Å²) in [6, 6.07) is 15.0. The van der Waals surface area contributed by atoms with Gasteiger partial charge >= 0.3 is 5.97 Å². The van der Waals surface area contributed by atoms with Crippen molar-refractivity contribution in [2.45, 2.75) is 26.6 Å². The summed E-state index contributed by atoms with van der Waals surface area (Å²) in [7, 11) is -1.63. The van der Waals surface area contributed by atoms with Crippen molar-refractivity contribution < 1.29 is 18.7 Å². The number of ether oxygens (including phenoxy) is 2. The summed E-state index contributed by atoms with van der Waals surface area (Å²) in [6.07, 6.45) is 1.24. The Kier molecular flexibility index (Phi) is 6.20. The fraction of sp³-hybridized carbons (Fsp3) is 0.217. The Balaban J connectivity index is 2.06. The molecular weight excluding hydrogens is 382 g/mol. The van der Waals surface area contributed by atoms with Crippen LogP contribution in [0.25, 0.3) is 11.3 Å². The van der Waals surface area contributed by atoms with E-state index in [9.17, 15) is 4.79 Å². The first-order valence-electron chi connectivity index (χ1n) is 9.38. The largest absolute Gasteiger partial charge is 0.461 e. The van der Waals surface area contributed by atoms with Crippen LogP contribution in [-0.4, -0.2) is 25.6 Å². The second-order valence-corrected chi connectivity index (χ2v) is 12.1. The van der Waals surface area contributed by atoms with E-state index in [1.165, 1.54) is 6.39 Å². The SMILES string of the molecule is CCOC(=O)c1ncoc1-c1ccc(Oc2ccccc2)cc1C#C[Si](C)(C)C. The van der Waals surface area contributed by atoms with Crippen LogP contribution in [0.5, 0.6) is 11.5 Å². The number of aromatic nitrogens is 1. The average Bonchev–Trinajstić information content (AvgIpc) is 3.17. The molecule has 0 N–H and O–H groups in total. The number of rotatable bonds is 5. The Hall–Kier alpha value is -3.30. The maximum atomic E-state index is 12.2. The van der Waals surface area contributed by atoms with E-state index in [0.29, 0.717) is 22.6 Å². The predicted octanol–water partition coefficient (Wildman–Crippen LogP) is 5.54. The van der Waals surface area contributed by atoms with E-state index in [2.05, 4.69) is 36.1 Å². The number of carbonyl (C=O) groups excluding carboxylic acids is 1. The Morgan fingerprint density at radius 3 is 2.55 bits per heavy atom. The van der Waals surface area contributed by atoms with Crippen LogP contribution >= 0.6 is 0 Å². The van der Waals surface area contributed by atoms with Crippen LogP contribution in [0.2, 0.25) is 19.6 Å². The first kappa shape index (κ1) is 20.4. The molecule has 0 spiro atoms. The number of nitrogens with zero attached hydrogens (tertiary/aromatic N) is 1. The Morgan fingerprint density at radius 2 is 1.86 bits per heavy atom. The lowest BCUT2D eigenvalue weighted by molar-refractivity contribution is 0.0520. The summed E-state index contributed by atoms with van der Waals surface area (Å²) in [4.78, 5) is 16.3. The highest BCUT2D eigenvalue weighted by Gasteiger charge is 2.22. The summed E-state index contributed by atoms with van der Waals surface area (Å²) in [5, 5.41) is 0. The van der Waals surface area contributed by atoms with Gasteiger partial charge in [0.1, 0.15) is 19.6 Å². The van der Waals surface area contributed by atoms with E-state index in [4.69, 9.17) is 13.9 Å². The first-order chi connectivity index (χ1) is 13.9. The van der Waals surface area contributed by atoms with E-state index in [-0.39, 0.29) is 12.3 Å². The van der Waals surface area contributed by atoms with E-state index in [1.807, 2.05) is 48.5 Å². The lowest BCUT2D eigenvalue weighted by Crippen LogP contribution is -2.16. The summed E-state index contributed by atoms with van der Waals surface area (Å²) < 4.78 is 16.6. The van der Waals surface area contributed by atoms with Gasteiger partial charge in [-0.15, -0.1) is 5.54 Å². The molecule has 0 fully saturated rings. The molecule has 148 valence electrons. The van der Waals surface area contributed by atoms with Crippen molar-refractivity contribution in [2.24, 2.45) is 0 Å². The molecule has 2 aromatic carbocycles. The van der Waals surface area contributed by atoms with Crippen LogP contribution < -0.4 is 4.74 Å². The second kappa shape index (κ2) is 8.80. The lowest BCUT2D eigenvalue weighted by atomic mass is 10.0. The van der Waals surface area contributed by atoms with Gasteiger partial charge in [-0.25, -0.2) is 9.78 Å². The molecule has 3 aromatic rings. The average molecular weight is 406 g/mol. The highest BCUT2D eigenvalue weighted by molar-refractivity contribution is 6.83. The minimum Gasteiger partial charge on any atom is -0.461 e. The van der Waals surface area contributed by atoms with Gasteiger partial charge in [-0.2, -0.15) is 0 Å². The smallest absolute Gasteiger partial charge is 0.360 e. The molecule has 6 heteroatoms. The number of esters is 1. The molecule has 0 aliphatic rings. The van der Waals surface area contributed by atoms with Crippen LogP contribution in [0, 0.1) is 11.5 Å². The molecule has 0 saturated carbocycles. The summed E-state index contributed by atoms with van der Waals surface area (Å²) in [5.74, 6) is 4.46. The van der Waals surface area contributed by atoms with Crippen LogP contribution in [0.4, 0.5) is 0 Å². The molecule has 0 radical (unpaired) electrons.